The number of fused-ring (bicyclic) bond motifs is 1. The third kappa shape index (κ3) is 1.97. The number of nitrogens with two attached hydrogens (primary N) is 2. The van der Waals surface area contributed by atoms with Crippen molar-refractivity contribution in [3.8, 4) is 0 Å². The number of aliphatic imine (C=N–C) groups is 1. The first kappa shape index (κ1) is 11.5. The van der Waals surface area contributed by atoms with Crippen molar-refractivity contribution in [2.45, 2.75) is 12.8 Å². The Balaban J connectivity index is 2.05. The lowest BCUT2D eigenvalue weighted by atomic mass is 10.0. The summed E-state index contributed by atoms with van der Waals surface area (Å²) < 4.78 is 0. The molecule has 0 unspecified atom stereocenters. The number of amidine groups is 1. The van der Waals surface area contributed by atoms with Gasteiger partial charge in [-0.05, 0) is 24.0 Å². The fraction of sp³-hybridized carbons (Fsp3) is 0.154. The lowest BCUT2D eigenvalue weighted by molar-refractivity contribution is 1.08. The molecular weight excluding hydrogens is 240 g/mol. The topological polar surface area (TPSA) is 117 Å². The summed E-state index contributed by atoms with van der Waals surface area (Å²) in [7, 11) is 0. The number of aromatic amines is 1. The number of hydrogen-bond donors (Lipinski definition) is 4. The van der Waals surface area contributed by atoms with E-state index in [-0.39, 0.29) is 5.84 Å². The molecule has 0 atom stereocenters. The summed E-state index contributed by atoms with van der Waals surface area (Å²) >= 11 is 0. The molecule has 0 amide bonds. The molecule has 1 heterocycles. The number of H-pyrrole nitrogens is 1. The Morgan fingerprint density at radius 2 is 2.21 bits per heavy atom. The Morgan fingerprint density at radius 1 is 1.37 bits per heavy atom. The number of anilines is 1. The summed E-state index contributed by atoms with van der Waals surface area (Å²) in [4.78, 5) is 11.3. The molecule has 0 bridgehead atoms. The summed E-state index contributed by atoms with van der Waals surface area (Å²) in [6.45, 7) is 0. The van der Waals surface area contributed by atoms with Gasteiger partial charge in [0.15, 0.2) is 11.8 Å². The number of nitrogens with one attached hydrogen (secondary N) is 2. The van der Waals surface area contributed by atoms with Gasteiger partial charge in [0, 0.05) is 5.56 Å². The van der Waals surface area contributed by atoms with Crippen LogP contribution in [-0.2, 0) is 6.42 Å². The molecule has 0 radical (unpaired) electrons. The molecule has 2 aromatic rings. The quantitative estimate of drug-likeness (QED) is 0.478. The van der Waals surface area contributed by atoms with Gasteiger partial charge in [0.1, 0.15) is 5.84 Å². The molecule has 6 nitrogen and oxygen atoms in total. The minimum atomic E-state index is 0.101. The van der Waals surface area contributed by atoms with Crippen LogP contribution in [-0.4, -0.2) is 21.5 Å². The number of hydrogen-bond acceptors (Lipinski definition) is 4. The van der Waals surface area contributed by atoms with Crippen LogP contribution in [0.4, 0.5) is 11.8 Å². The van der Waals surface area contributed by atoms with Crippen LogP contribution >= 0.6 is 0 Å². The Labute approximate surface area is 110 Å². The molecular formula is C13H14N6. The number of nitrogen functional groups attached to an aromatic ring is 2. The maximum absolute atomic E-state index is 7.60. The molecule has 0 spiro atoms. The van der Waals surface area contributed by atoms with Crippen molar-refractivity contribution < 1.29 is 0 Å². The van der Waals surface area contributed by atoms with Crippen LogP contribution < -0.4 is 11.5 Å². The molecule has 0 saturated heterocycles. The highest BCUT2D eigenvalue weighted by Crippen LogP contribution is 2.27. The van der Waals surface area contributed by atoms with Gasteiger partial charge in [0.2, 0.25) is 0 Å². The number of aromatic nitrogens is 2. The van der Waals surface area contributed by atoms with Crippen LogP contribution in [0.2, 0.25) is 0 Å². The second kappa shape index (κ2) is 4.24. The van der Waals surface area contributed by atoms with Crippen LogP contribution in [0.15, 0.2) is 29.4 Å². The van der Waals surface area contributed by atoms with Crippen molar-refractivity contribution >= 4 is 23.3 Å². The van der Waals surface area contributed by atoms with Gasteiger partial charge in [-0.15, -0.1) is 0 Å². The zero-order valence-corrected chi connectivity index (χ0v) is 10.3. The van der Waals surface area contributed by atoms with Gasteiger partial charge < -0.3 is 16.5 Å². The second-order valence-corrected chi connectivity index (χ2v) is 4.46. The first-order valence-electron chi connectivity index (χ1n) is 6.00. The molecule has 0 fully saturated rings. The number of benzene rings is 1. The maximum Gasteiger partial charge on any atom is 0.199 e. The van der Waals surface area contributed by atoms with Gasteiger partial charge >= 0.3 is 0 Å². The molecule has 3 rings (SSSR count). The Kier molecular flexibility index (Phi) is 2.56. The highest BCUT2D eigenvalue weighted by Gasteiger charge is 2.21. The maximum atomic E-state index is 7.60. The molecule has 96 valence electrons. The van der Waals surface area contributed by atoms with E-state index in [4.69, 9.17) is 16.9 Å². The monoisotopic (exact) mass is 254 g/mol. The van der Waals surface area contributed by atoms with Gasteiger partial charge in [0.25, 0.3) is 0 Å². The van der Waals surface area contributed by atoms with Gasteiger partial charge in [0.05, 0.1) is 11.9 Å². The van der Waals surface area contributed by atoms with Crippen molar-refractivity contribution in [1.29, 1.82) is 5.41 Å². The molecule has 6 N–H and O–H groups in total. The van der Waals surface area contributed by atoms with Gasteiger partial charge in [-0.1, -0.05) is 18.2 Å². The summed E-state index contributed by atoms with van der Waals surface area (Å²) in [6, 6.07) is 5.78. The van der Waals surface area contributed by atoms with E-state index in [1.165, 1.54) is 0 Å². The lowest BCUT2D eigenvalue weighted by Crippen LogP contribution is -2.13. The molecule has 1 aliphatic carbocycles. The first-order valence-corrected chi connectivity index (χ1v) is 6.00. The normalized spacial score (nSPS) is 15.7. The zero-order chi connectivity index (χ0) is 13.4. The van der Waals surface area contributed by atoms with Gasteiger partial charge in [-0.3, -0.25) is 5.41 Å². The van der Waals surface area contributed by atoms with Gasteiger partial charge in [-0.25, -0.2) is 9.98 Å². The lowest BCUT2D eigenvalue weighted by Gasteiger charge is -2.05. The van der Waals surface area contributed by atoms with Crippen molar-refractivity contribution in [1.82, 2.24) is 9.97 Å². The van der Waals surface area contributed by atoms with E-state index in [9.17, 15) is 0 Å². The van der Waals surface area contributed by atoms with E-state index in [0.717, 1.165) is 35.2 Å². The van der Waals surface area contributed by atoms with E-state index in [1.54, 1.807) is 6.20 Å². The average molecular weight is 254 g/mol. The smallest absolute Gasteiger partial charge is 0.199 e. The summed E-state index contributed by atoms with van der Waals surface area (Å²) in [6.07, 6.45) is 3.29. The Morgan fingerprint density at radius 3 is 2.89 bits per heavy atom. The fourth-order valence-corrected chi connectivity index (χ4v) is 2.40. The average Bonchev–Trinajstić information content (AvgIpc) is 2.97. The molecule has 0 saturated carbocycles. The third-order valence-corrected chi connectivity index (χ3v) is 3.23. The third-order valence-electron chi connectivity index (χ3n) is 3.23. The standard InChI is InChI=1S/C13H14N6/c14-12(15)9-3-1-2-8-7(9)4-5-10(8)18-11-6-17-13(16)19-11/h1-3,6H,4-5H2,(H3,14,15)(H3,16,17,19). The number of imidazole rings is 1. The number of rotatable bonds is 2. The SMILES string of the molecule is N=C(N)c1cccc2c1CCC2=Nc1cnc(N)[nH]1. The van der Waals surface area contributed by atoms with Crippen molar-refractivity contribution in [3.05, 3.63) is 41.1 Å². The highest BCUT2D eigenvalue weighted by molar-refractivity contribution is 6.09. The van der Waals surface area contributed by atoms with E-state index in [1.807, 2.05) is 18.2 Å². The molecule has 19 heavy (non-hydrogen) atoms. The molecule has 1 aromatic carbocycles. The second-order valence-electron chi connectivity index (χ2n) is 4.46. The van der Waals surface area contributed by atoms with E-state index < -0.39 is 0 Å². The fourth-order valence-electron chi connectivity index (χ4n) is 2.40. The largest absolute Gasteiger partial charge is 0.384 e. The molecule has 6 heteroatoms. The summed E-state index contributed by atoms with van der Waals surface area (Å²) in [5.74, 6) is 1.10. The molecule has 1 aliphatic rings. The van der Waals surface area contributed by atoms with Crippen LogP contribution in [0.3, 0.4) is 0 Å². The van der Waals surface area contributed by atoms with Crippen LogP contribution in [0.1, 0.15) is 23.1 Å². The minimum absolute atomic E-state index is 0.101. The molecule has 1 aromatic heterocycles. The van der Waals surface area contributed by atoms with Gasteiger partial charge in [-0.2, -0.15) is 0 Å². The number of nitrogens with zero attached hydrogens (tertiary/aromatic N) is 2. The van der Waals surface area contributed by atoms with Crippen molar-refractivity contribution in [2.24, 2.45) is 10.7 Å². The Hall–Kier alpha value is -2.63. The predicted molar refractivity (Wildman–Crippen MR) is 75.0 cm³/mol. The van der Waals surface area contributed by atoms with E-state index in [2.05, 4.69) is 15.0 Å². The highest BCUT2D eigenvalue weighted by atomic mass is 15.1. The molecule has 0 aliphatic heterocycles. The van der Waals surface area contributed by atoms with Crippen LogP contribution in [0.5, 0.6) is 0 Å². The first-order chi connectivity index (χ1) is 9.15. The van der Waals surface area contributed by atoms with Crippen molar-refractivity contribution in [2.75, 3.05) is 5.73 Å². The Bertz CT molecular complexity index is 682. The summed E-state index contributed by atoms with van der Waals surface area (Å²) in [5.41, 5.74) is 15.1. The van der Waals surface area contributed by atoms with Crippen molar-refractivity contribution in [3.63, 3.8) is 0 Å². The predicted octanol–water partition coefficient (Wildman–Crippen LogP) is 1.34. The van der Waals surface area contributed by atoms with E-state index >= 15 is 0 Å². The van der Waals surface area contributed by atoms with Crippen LogP contribution in [0, 0.1) is 5.41 Å². The van der Waals surface area contributed by atoms with E-state index in [0.29, 0.717) is 11.8 Å². The summed E-state index contributed by atoms with van der Waals surface area (Å²) in [5, 5.41) is 7.60. The zero-order valence-electron chi connectivity index (χ0n) is 10.3. The van der Waals surface area contributed by atoms with Crippen LogP contribution in [0.25, 0.3) is 0 Å². The minimum Gasteiger partial charge on any atom is -0.384 e.